The zero-order valence-corrected chi connectivity index (χ0v) is 12.6. The van der Waals surface area contributed by atoms with E-state index >= 15 is 0 Å². The van der Waals surface area contributed by atoms with Crippen molar-refractivity contribution in [1.82, 2.24) is 5.32 Å². The van der Waals surface area contributed by atoms with E-state index in [0.717, 1.165) is 30.9 Å². The zero-order valence-electron chi connectivity index (χ0n) is 12.6. The van der Waals surface area contributed by atoms with Gasteiger partial charge in [0.05, 0.1) is 0 Å². The Morgan fingerprint density at radius 2 is 1.90 bits per heavy atom. The molecule has 0 aliphatic rings. The summed E-state index contributed by atoms with van der Waals surface area (Å²) >= 11 is 0. The first-order chi connectivity index (χ1) is 10.3. The van der Waals surface area contributed by atoms with Crippen molar-refractivity contribution in [2.45, 2.75) is 26.8 Å². The minimum atomic E-state index is 0.875. The fraction of sp³-hybridized carbons (Fsp3) is 0.263. The van der Waals surface area contributed by atoms with Crippen molar-refractivity contribution in [3.05, 3.63) is 59.7 Å². The Morgan fingerprint density at radius 3 is 2.76 bits per heavy atom. The van der Waals surface area contributed by atoms with Gasteiger partial charge in [-0.05, 0) is 43.7 Å². The molecule has 0 radical (unpaired) electrons. The molecule has 0 amide bonds. The smallest absolute Gasteiger partial charge is 0.135 e. The van der Waals surface area contributed by atoms with Crippen molar-refractivity contribution >= 4 is 11.0 Å². The molecule has 0 aliphatic carbocycles. The fourth-order valence-electron chi connectivity index (χ4n) is 2.61. The summed E-state index contributed by atoms with van der Waals surface area (Å²) in [6, 6.07) is 16.9. The third kappa shape index (κ3) is 3.01. The van der Waals surface area contributed by atoms with Gasteiger partial charge in [-0.1, -0.05) is 42.8 Å². The molecule has 3 rings (SSSR count). The summed E-state index contributed by atoms with van der Waals surface area (Å²) in [5, 5.41) is 4.63. The van der Waals surface area contributed by atoms with E-state index in [9.17, 15) is 0 Å². The normalized spacial score (nSPS) is 11.1. The van der Waals surface area contributed by atoms with Gasteiger partial charge in [-0.3, -0.25) is 0 Å². The van der Waals surface area contributed by atoms with Crippen LogP contribution in [0.1, 0.15) is 24.5 Å². The Labute approximate surface area is 125 Å². The van der Waals surface area contributed by atoms with Crippen LogP contribution in [0.25, 0.3) is 22.3 Å². The Morgan fingerprint density at radius 1 is 1.05 bits per heavy atom. The molecule has 0 atom stereocenters. The maximum atomic E-state index is 6.03. The summed E-state index contributed by atoms with van der Waals surface area (Å²) in [6.07, 6.45) is 1.14. The van der Waals surface area contributed by atoms with Crippen LogP contribution in [0.3, 0.4) is 0 Å². The summed E-state index contributed by atoms with van der Waals surface area (Å²) in [5.74, 6) is 0.949. The monoisotopic (exact) mass is 279 g/mol. The van der Waals surface area contributed by atoms with E-state index in [0.29, 0.717) is 0 Å². The van der Waals surface area contributed by atoms with Gasteiger partial charge in [0.25, 0.3) is 0 Å². The first-order valence-electron chi connectivity index (χ1n) is 7.57. The van der Waals surface area contributed by atoms with Crippen LogP contribution in [-0.2, 0) is 6.54 Å². The minimum absolute atomic E-state index is 0.875. The van der Waals surface area contributed by atoms with E-state index in [2.05, 4.69) is 61.6 Å². The maximum Gasteiger partial charge on any atom is 0.135 e. The molecule has 1 heterocycles. The molecule has 2 nitrogen and oxygen atoms in total. The highest BCUT2D eigenvalue weighted by molar-refractivity contribution is 5.84. The third-order valence-electron chi connectivity index (χ3n) is 3.70. The first-order valence-corrected chi connectivity index (χ1v) is 7.57. The van der Waals surface area contributed by atoms with Crippen molar-refractivity contribution in [2.75, 3.05) is 6.54 Å². The highest BCUT2D eigenvalue weighted by atomic mass is 16.3. The number of hydrogen-bond acceptors (Lipinski definition) is 2. The van der Waals surface area contributed by atoms with Crippen molar-refractivity contribution < 1.29 is 4.42 Å². The maximum absolute atomic E-state index is 6.03. The number of nitrogens with one attached hydrogen (secondary N) is 1. The lowest BCUT2D eigenvalue weighted by atomic mass is 10.0. The molecule has 21 heavy (non-hydrogen) atoms. The molecule has 0 saturated carbocycles. The molecule has 0 spiro atoms. The van der Waals surface area contributed by atoms with Gasteiger partial charge < -0.3 is 9.73 Å². The highest BCUT2D eigenvalue weighted by Gasteiger charge is 2.10. The van der Waals surface area contributed by atoms with E-state index in [1.54, 1.807) is 0 Å². The van der Waals surface area contributed by atoms with Gasteiger partial charge in [0.1, 0.15) is 11.3 Å². The van der Waals surface area contributed by atoms with E-state index in [-0.39, 0.29) is 0 Å². The Kier molecular flexibility index (Phi) is 4.07. The molecule has 1 N–H and O–H groups in total. The Hall–Kier alpha value is -2.06. The third-order valence-corrected chi connectivity index (χ3v) is 3.70. The summed E-state index contributed by atoms with van der Waals surface area (Å²) in [6.45, 7) is 6.20. The lowest BCUT2D eigenvalue weighted by Crippen LogP contribution is -2.14. The van der Waals surface area contributed by atoms with Crippen molar-refractivity contribution in [3.8, 4) is 11.3 Å². The largest absolute Gasteiger partial charge is 0.456 e. The second-order valence-electron chi connectivity index (χ2n) is 5.49. The number of aryl methyl sites for hydroxylation is 1. The molecule has 0 aliphatic heterocycles. The molecule has 108 valence electrons. The fourth-order valence-corrected chi connectivity index (χ4v) is 2.61. The molecular weight excluding hydrogens is 258 g/mol. The van der Waals surface area contributed by atoms with Gasteiger partial charge in [-0.15, -0.1) is 0 Å². The van der Waals surface area contributed by atoms with E-state index < -0.39 is 0 Å². The second kappa shape index (κ2) is 6.15. The van der Waals surface area contributed by atoms with Gasteiger partial charge in [0, 0.05) is 17.5 Å². The van der Waals surface area contributed by atoms with Crippen LogP contribution < -0.4 is 5.32 Å². The average molecular weight is 279 g/mol. The molecule has 2 heteroatoms. The molecule has 0 unspecified atom stereocenters. The van der Waals surface area contributed by atoms with Crippen LogP contribution in [-0.4, -0.2) is 6.54 Å². The molecule has 1 aromatic heterocycles. The van der Waals surface area contributed by atoms with Crippen LogP contribution in [0.15, 0.2) is 52.9 Å². The topological polar surface area (TPSA) is 25.2 Å². The highest BCUT2D eigenvalue weighted by Crippen LogP contribution is 2.30. The van der Waals surface area contributed by atoms with Crippen molar-refractivity contribution in [3.63, 3.8) is 0 Å². The summed E-state index contributed by atoms with van der Waals surface area (Å²) in [4.78, 5) is 0. The number of hydrogen-bond donors (Lipinski definition) is 1. The first kappa shape index (κ1) is 13.9. The molecule has 0 bridgehead atoms. The average Bonchev–Trinajstić information content (AvgIpc) is 2.91. The van der Waals surface area contributed by atoms with Crippen LogP contribution >= 0.6 is 0 Å². The summed E-state index contributed by atoms with van der Waals surface area (Å²) in [5.41, 5.74) is 4.66. The number of benzene rings is 2. The van der Waals surface area contributed by atoms with E-state index in [1.807, 2.05) is 6.07 Å². The van der Waals surface area contributed by atoms with Gasteiger partial charge in [-0.2, -0.15) is 0 Å². The summed E-state index contributed by atoms with van der Waals surface area (Å²) in [7, 11) is 0. The van der Waals surface area contributed by atoms with Crippen LogP contribution in [0.2, 0.25) is 0 Å². The Balaban J connectivity index is 1.97. The SMILES string of the molecule is CCCNCc1ccccc1-c1cc2cc(C)ccc2o1. The molecule has 0 fully saturated rings. The quantitative estimate of drug-likeness (QED) is 0.671. The number of furan rings is 1. The van der Waals surface area contributed by atoms with Gasteiger partial charge in [-0.25, -0.2) is 0 Å². The van der Waals surface area contributed by atoms with Crippen LogP contribution in [0, 0.1) is 6.92 Å². The lowest BCUT2D eigenvalue weighted by Gasteiger charge is -2.08. The van der Waals surface area contributed by atoms with Gasteiger partial charge in [0.2, 0.25) is 0 Å². The second-order valence-corrected chi connectivity index (χ2v) is 5.49. The predicted molar refractivity (Wildman–Crippen MR) is 88.4 cm³/mol. The molecular formula is C19H21NO. The Bertz CT molecular complexity index is 742. The van der Waals surface area contributed by atoms with Crippen LogP contribution in [0.4, 0.5) is 0 Å². The lowest BCUT2D eigenvalue weighted by molar-refractivity contribution is 0.627. The summed E-state index contributed by atoms with van der Waals surface area (Å²) < 4.78 is 6.03. The van der Waals surface area contributed by atoms with Crippen molar-refractivity contribution in [2.24, 2.45) is 0 Å². The van der Waals surface area contributed by atoms with Gasteiger partial charge in [0.15, 0.2) is 0 Å². The van der Waals surface area contributed by atoms with Gasteiger partial charge >= 0.3 is 0 Å². The number of rotatable bonds is 5. The van der Waals surface area contributed by atoms with Crippen molar-refractivity contribution in [1.29, 1.82) is 0 Å². The number of fused-ring (bicyclic) bond motifs is 1. The van der Waals surface area contributed by atoms with E-state index in [4.69, 9.17) is 4.42 Å². The standard InChI is InChI=1S/C19H21NO/c1-3-10-20-13-15-6-4-5-7-17(15)19-12-16-11-14(2)8-9-18(16)21-19/h4-9,11-12,20H,3,10,13H2,1-2H3. The molecule has 0 saturated heterocycles. The minimum Gasteiger partial charge on any atom is -0.456 e. The molecule has 3 aromatic rings. The zero-order chi connectivity index (χ0) is 14.7. The molecule has 2 aromatic carbocycles. The predicted octanol–water partition coefficient (Wildman–Crippen LogP) is 4.91. The van der Waals surface area contributed by atoms with Crippen LogP contribution in [0.5, 0.6) is 0 Å². The van der Waals surface area contributed by atoms with E-state index in [1.165, 1.54) is 22.1 Å².